The number of aromatic nitrogens is 2. The van der Waals surface area contributed by atoms with Gasteiger partial charge in [-0.15, -0.1) is 11.3 Å². The molecule has 2 aromatic heterocycles. The minimum Gasteiger partial charge on any atom is -0.420 e. The third-order valence-corrected chi connectivity index (χ3v) is 4.41. The summed E-state index contributed by atoms with van der Waals surface area (Å²) in [6, 6.07) is 5.39. The van der Waals surface area contributed by atoms with E-state index < -0.39 is 5.63 Å². The first kappa shape index (κ1) is 14.6. The molecular formula is C16H14N2O3S. The fourth-order valence-corrected chi connectivity index (χ4v) is 3.14. The summed E-state index contributed by atoms with van der Waals surface area (Å²) in [6.07, 6.45) is -0.0747. The fourth-order valence-electron chi connectivity index (χ4n) is 2.28. The lowest BCUT2D eigenvalue weighted by Gasteiger charge is -2.02. The Morgan fingerprint density at radius 1 is 1.23 bits per heavy atom. The van der Waals surface area contributed by atoms with Gasteiger partial charge in [0.1, 0.15) is 11.2 Å². The smallest absolute Gasteiger partial charge is 0.358 e. The number of hydrogen-bond donors (Lipinski definition) is 0. The summed E-state index contributed by atoms with van der Waals surface area (Å²) in [4.78, 5) is 33.4. The summed E-state index contributed by atoms with van der Waals surface area (Å²) in [5.41, 5.74) is 2.28. The molecule has 3 rings (SSSR count). The van der Waals surface area contributed by atoms with Gasteiger partial charge in [-0.05, 0) is 38.5 Å². The predicted octanol–water partition coefficient (Wildman–Crippen LogP) is 3.00. The van der Waals surface area contributed by atoms with Crippen LogP contribution in [0.5, 0.6) is 0 Å². The van der Waals surface area contributed by atoms with Crippen LogP contribution >= 0.6 is 11.3 Å². The molecule has 6 heteroatoms. The first-order valence-electron chi connectivity index (χ1n) is 6.81. The summed E-state index contributed by atoms with van der Waals surface area (Å²) in [5.74, 6) is -0.157. The lowest BCUT2D eigenvalue weighted by Crippen LogP contribution is -2.15. The lowest BCUT2D eigenvalue weighted by molar-refractivity contribution is 0.0994. The Bertz CT molecular complexity index is 940. The highest BCUT2D eigenvalue weighted by atomic mass is 32.1. The third kappa shape index (κ3) is 2.69. The largest absolute Gasteiger partial charge is 0.420 e. The standard InChI is InChI=1S/C16H14N2O3S/c1-8-4-5-14-11(6-8)18-12(16(20)21-14)7-13(19)15-9(2)17-10(3)22-15/h4-6H,7H2,1-3H3. The normalized spacial score (nSPS) is 11.0. The summed E-state index contributed by atoms with van der Waals surface area (Å²) in [6.45, 7) is 5.57. The summed E-state index contributed by atoms with van der Waals surface area (Å²) >= 11 is 1.33. The lowest BCUT2D eigenvalue weighted by atomic mass is 10.1. The van der Waals surface area contributed by atoms with Gasteiger partial charge in [-0.25, -0.2) is 14.8 Å². The Hall–Kier alpha value is -2.34. The summed E-state index contributed by atoms with van der Waals surface area (Å²) in [5, 5.41) is 0.829. The van der Waals surface area contributed by atoms with E-state index in [4.69, 9.17) is 4.42 Å². The number of rotatable bonds is 3. The molecule has 112 valence electrons. The van der Waals surface area contributed by atoms with E-state index in [0.717, 1.165) is 10.6 Å². The average Bonchev–Trinajstić information content (AvgIpc) is 2.79. The van der Waals surface area contributed by atoms with E-state index in [1.165, 1.54) is 11.3 Å². The molecule has 0 aliphatic carbocycles. The molecule has 0 saturated heterocycles. The molecule has 0 saturated carbocycles. The van der Waals surface area contributed by atoms with Crippen LogP contribution in [0.4, 0.5) is 0 Å². The van der Waals surface area contributed by atoms with Crippen LogP contribution in [0, 0.1) is 20.8 Å². The van der Waals surface area contributed by atoms with E-state index in [1.54, 1.807) is 13.0 Å². The maximum absolute atomic E-state index is 12.4. The second-order valence-electron chi connectivity index (χ2n) is 5.17. The van der Waals surface area contributed by atoms with Crippen molar-refractivity contribution in [2.45, 2.75) is 27.2 Å². The fraction of sp³-hybridized carbons (Fsp3) is 0.250. The molecule has 0 bridgehead atoms. The Morgan fingerprint density at radius 3 is 2.68 bits per heavy atom. The molecule has 2 heterocycles. The highest BCUT2D eigenvalue weighted by molar-refractivity contribution is 7.13. The molecule has 3 aromatic rings. The topological polar surface area (TPSA) is 73.1 Å². The van der Waals surface area contributed by atoms with Crippen LogP contribution in [-0.4, -0.2) is 15.8 Å². The Balaban J connectivity index is 1.99. The number of fused-ring (bicyclic) bond motifs is 1. The zero-order valence-corrected chi connectivity index (χ0v) is 13.3. The van der Waals surface area contributed by atoms with Gasteiger partial charge in [-0.1, -0.05) is 6.07 Å². The molecule has 0 N–H and O–H groups in total. The highest BCUT2D eigenvalue weighted by Crippen LogP contribution is 2.19. The number of benzene rings is 1. The van der Waals surface area contributed by atoms with Gasteiger partial charge in [0.2, 0.25) is 0 Å². The van der Waals surface area contributed by atoms with Crippen molar-refractivity contribution in [1.29, 1.82) is 0 Å². The summed E-state index contributed by atoms with van der Waals surface area (Å²) < 4.78 is 5.24. The predicted molar refractivity (Wildman–Crippen MR) is 84.6 cm³/mol. The number of carbonyl (C=O) groups is 1. The van der Waals surface area contributed by atoms with Crippen molar-refractivity contribution in [1.82, 2.24) is 9.97 Å². The second kappa shape index (κ2) is 5.46. The maximum atomic E-state index is 12.4. The van der Waals surface area contributed by atoms with Gasteiger partial charge in [0.25, 0.3) is 0 Å². The van der Waals surface area contributed by atoms with E-state index in [1.807, 2.05) is 26.0 Å². The van der Waals surface area contributed by atoms with E-state index >= 15 is 0 Å². The number of nitrogens with zero attached hydrogens (tertiary/aromatic N) is 2. The quantitative estimate of drug-likeness (QED) is 0.695. The molecule has 0 radical (unpaired) electrons. The Kier molecular flexibility index (Phi) is 3.62. The first-order valence-corrected chi connectivity index (χ1v) is 7.63. The number of aryl methyl sites for hydroxylation is 3. The third-order valence-electron chi connectivity index (χ3n) is 3.29. The van der Waals surface area contributed by atoms with Crippen LogP contribution in [0.3, 0.4) is 0 Å². The van der Waals surface area contributed by atoms with Gasteiger partial charge in [-0.2, -0.15) is 0 Å². The number of carbonyl (C=O) groups excluding carboxylic acids is 1. The Labute approximate surface area is 130 Å². The summed E-state index contributed by atoms with van der Waals surface area (Å²) in [7, 11) is 0. The van der Waals surface area contributed by atoms with Crippen molar-refractivity contribution in [2.75, 3.05) is 0 Å². The average molecular weight is 314 g/mol. The van der Waals surface area contributed by atoms with Crippen LogP contribution in [0.1, 0.15) is 31.6 Å². The van der Waals surface area contributed by atoms with Crippen molar-refractivity contribution >= 4 is 28.2 Å². The SMILES string of the molecule is Cc1ccc2oc(=O)c(CC(=O)c3sc(C)nc3C)nc2c1. The van der Waals surface area contributed by atoms with Gasteiger partial charge in [-0.3, -0.25) is 4.79 Å². The maximum Gasteiger partial charge on any atom is 0.358 e. The second-order valence-corrected chi connectivity index (χ2v) is 6.37. The van der Waals surface area contributed by atoms with Crippen molar-refractivity contribution in [3.8, 4) is 0 Å². The van der Waals surface area contributed by atoms with E-state index in [9.17, 15) is 9.59 Å². The van der Waals surface area contributed by atoms with Crippen LogP contribution in [0.15, 0.2) is 27.4 Å². The zero-order valence-electron chi connectivity index (χ0n) is 12.5. The molecule has 1 aromatic carbocycles. The molecule has 0 atom stereocenters. The van der Waals surface area contributed by atoms with Crippen LogP contribution < -0.4 is 5.63 Å². The van der Waals surface area contributed by atoms with E-state index in [0.29, 0.717) is 21.7 Å². The van der Waals surface area contributed by atoms with Gasteiger partial charge < -0.3 is 4.42 Å². The van der Waals surface area contributed by atoms with Crippen LogP contribution in [0.25, 0.3) is 11.1 Å². The molecule has 5 nitrogen and oxygen atoms in total. The van der Waals surface area contributed by atoms with E-state index in [-0.39, 0.29) is 17.9 Å². The molecule has 0 aliphatic heterocycles. The first-order chi connectivity index (χ1) is 10.4. The van der Waals surface area contributed by atoms with Crippen molar-refractivity contribution in [2.24, 2.45) is 0 Å². The van der Waals surface area contributed by atoms with Crippen molar-refractivity contribution in [3.63, 3.8) is 0 Å². The zero-order chi connectivity index (χ0) is 15.9. The molecule has 0 aliphatic rings. The molecule has 0 unspecified atom stereocenters. The number of hydrogen-bond acceptors (Lipinski definition) is 6. The van der Waals surface area contributed by atoms with Crippen LogP contribution in [0.2, 0.25) is 0 Å². The van der Waals surface area contributed by atoms with E-state index in [2.05, 4.69) is 9.97 Å². The van der Waals surface area contributed by atoms with Crippen molar-refractivity contribution in [3.05, 3.63) is 55.5 Å². The molecule has 0 fully saturated rings. The molecule has 22 heavy (non-hydrogen) atoms. The minimum absolute atomic E-state index is 0.0747. The molecule has 0 spiro atoms. The highest BCUT2D eigenvalue weighted by Gasteiger charge is 2.18. The number of thiazole rings is 1. The van der Waals surface area contributed by atoms with Crippen LogP contribution in [-0.2, 0) is 6.42 Å². The van der Waals surface area contributed by atoms with Gasteiger partial charge >= 0.3 is 5.63 Å². The van der Waals surface area contributed by atoms with Crippen molar-refractivity contribution < 1.29 is 9.21 Å². The monoisotopic (exact) mass is 314 g/mol. The number of ketones is 1. The van der Waals surface area contributed by atoms with Gasteiger partial charge in [0.15, 0.2) is 11.4 Å². The molecular weight excluding hydrogens is 300 g/mol. The number of Topliss-reactive ketones (excluding diaryl/α,β-unsaturated/α-hetero) is 1. The minimum atomic E-state index is -0.566. The van der Waals surface area contributed by atoms with Gasteiger partial charge in [0, 0.05) is 0 Å². The Morgan fingerprint density at radius 2 is 2.00 bits per heavy atom. The molecule has 0 amide bonds. The van der Waals surface area contributed by atoms with Gasteiger partial charge in [0.05, 0.1) is 22.0 Å².